The van der Waals surface area contributed by atoms with Crippen LogP contribution in [0.15, 0.2) is 84.9 Å². The van der Waals surface area contributed by atoms with Crippen molar-refractivity contribution in [3.63, 3.8) is 0 Å². The number of hydrogen-bond acceptors (Lipinski definition) is 3. The molecule has 1 saturated heterocycles. The van der Waals surface area contributed by atoms with Gasteiger partial charge in [0.2, 0.25) is 5.91 Å². The highest BCUT2D eigenvalue weighted by atomic mass is 32.2. The summed E-state index contributed by atoms with van der Waals surface area (Å²) in [7, 11) is 0. The van der Waals surface area contributed by atoms with Gasteiger partial charge in [-0.2, -0.15) is 0 Å². The summed E-state index contributed by atoms with van der Waals surface area (Å²) >= 11 is 2.10. The molecule has 0 N–H and O–H groups in total. The van der Waals surface area contributed by atoms with Gasteiger partial charge in [0.05, 0.1) is 17.8 Å². The first kappa shape index (κ1) is 21.3. The summed E-state index contributed by atoms with van der Waals surface area (Å²) in [4.78, 5) is 17.2. The van der Waals surface area contributed by atoms with E-state index < -0.39 is 0 Å². The Balaban J connectivity index is 1.26. The van der Waals surface area contributed by atoms with Gasteiger partial charge in [-0.15, -0.1) is 11.8 Å². The Kier molecular flexibility index (Phi) is 6.33. The number of anilines is 1. The molecule has 1 unspecified atom stereocenters. The molecule has 0 aliphatic carbocycles. The van der Waals surface area contributed by atoms with Crippen molar-refractivity contribution in [2.45, 2.75) is 42.9 Å². The number of likely N-dealkylation sites (tertiary alicyclic amines) is 1. The Labute approximate surface area is 195 Å². The van der Waals surface area contributed by atoms with Crippen molar-refractivity contribution in [2.24, 2.45) is 0 Å². The van der Waals surface area contributed by atoms with Crippen LogP contribution in [0.1, 0.15) is 41.7 Å². The van der Waals surface area contributed by atoms with Gasteiger partial charge in [0.1, 0.15) is 0 Å². The first-order valence-corrected chi connectivity index (χ1v) is 12.5. The van der Waals surface area contributed by atoms with E-state index in [0.29, 0.717) is 16.9 Å². The van der Waals surface area contributed by atoms with Crippen LogP contribution in [0.3, 0.4) is 0 Å². The number of para-hydroxylation sites is 1. The Morgan fingerprint density at radius 2 is 1.38 bits per heavy atom. The Morgan fingerprint density at radius 1 is 0.812 bits per heavy atom. The predicted molar refractivity (Wildman–Crippen MR) is 134 cm³/mol. The Hall–Kier alpha value is -2.56. The molecular weight excluding hydrogens is 412 g/mol. The molecule has 0 radical (unpaired) electrons. The lowest BCUT2D eigenvalue weighted by Gasteiger charge is -2.40. The average molecular weight is 443 g/mol. The minimum absolute atomic E-state index is 0.108. The number of fused-ring (bicyclic) bond motifs is 1. The monoisotopic (exact) mass is 442 g/mol. The van der Waals surface area contributed by atoms with Crippen LogP contribution in [-0.4, -0.2) is 35.3 Å². The summed E-state index contributed by atoms with van der Waals surface area (Å²) in [5, 5.41) is 0.976. The van der Waals surface area contributed by atoms with Crippen LogP contribution in [0.5, 0.6) is 0 Å². The highest BCUT2D eigenvalue weighted by Crippen LogP contribution is 2.41. The molecule has 164 valence electrons. The normalized spacial score (nSPS) is 18.2. The molecule has 0 saturated carbocycles. The number of hydrogen-bond donors (Lipinski definition) is 0. The zero-order valence-corrected chi connectivity index (χ0v) is 19.4. The van der Waals surface area contributed by atoms with Crippen LogP contribution in [-0.2, 0) is 11.2 Å². The van der Waals surface area contributed by atoms with Crippen LogP contribution >= 0.6 is 11.8 Å². The lowest BCUT2D eigenvalue weighted by atomic mass is 10.0. The van der Waals surface area contributed by atoms with E-state index in [1.165, 1.54) is 11.1 Å². The molecule has 5 rings (SSSR count). The summed E-state index contributed by atoms with van der Waals surface area (Å²) < 4.78 is 0. The van der Waals surface area contributed by atoms with Gasteiger partial charge in [0, 0.05) is 24.0 Å². The number of nitrogens with zero attached hydrogens (tertiary/aromatic N) is 2. The van der Waals surface area contributed by atoms with E-state index in [9.17, 15) is 4.79 Å². The molecular formula is C28H30N2OS. The van der Waals surface area contributed by atoms with Gasteiger partial charge >= 0.3 is 0 Å². The van der Waals surface area contributed by atoms with Gasteiger partial charge in [-0.05, 0) is 42.5 Å². The van der Waals surface area contributed by atoms with Crippen molar-refractivity contribution in [2.75, 3.05) is 18.0 Å². The number of rotatable bonds is 6. The maximum absolute atomic E-state index is 12.7. The number of benzene rings is 3. The highest BCUT2D eigenvalue weighted by Gasteiger charge is 2.35. The van der Waals surface area contributed by atoms with Crippen LogP contribution < -0.4 is 4.90 Å². The standard InChI is InChI=1S/C28H30N2OS/c1-21(30-26-15-9-8-14-24(26)20-27(30)31)29-18-16-25(17-19-29)32-28(22-10-4-2-5-11-22)23-12-6-3-7-13-23/h2-15,21,25,28H,16-20H2,1H3. The quantitative estimate of drug-likeness (QED) is 0.474. The molecule has 3 nitrogen and oxygen atoms in total. The zero-order valence-electron chi connectivity index (χ0n) is 18.6. The minimum atomic E-state index is 0.108. The van der Waals surface area contributed by atoms with Crippen LogP contribution in [0.2, 0.25) is 0 Å². The number of amides is 1. The first-order valence-electron chi connectivity index (χ1n) is 11.6. The lowest BCUT2D eigenvalue weighted by molar-refractivity contribution is -0.118. The summed E-state index contributed by atoms with van der Waals surface area (Å²) in [6.07, 6.45) is 2.93. The molecule has 0 bridgehead atoms. The molecule has 1 amide bonds. The molecule has 2 aliphatic heterocycles. The largest absolute Gasteiger partial charge is 0.296 e. The summed E-state index contributed by atoms with van der Waals surface area (Å²) in [6.45, 7) is 4.24. The van der Waals surface area contributed by atoms with E-state index in [0.717, 1.165) is 37.2 Å². The Bertz CT molecular complexity index is 1010. The lowest BCUT2D eigenvalue weighted by Crippen LogP contribution is -2.51. The predicted octanol–water partition coefficient (Wildman–Crippen LogP) is 5.91. The maximum atomic E-state index is 12.7. The topological polar surface area (TPSA) is 23.6 Å². The summed E-state index contributed by atoms with van der Waals surface area (Å²) in [5.74, 6) is 0.225. The van der Waals surface area contributed by atoms with E-state index in [1.54, 1.807) is 0 Å². The fourth-order valence-corrected chi connectivity index (χ4v) is 6.53. The first-order chi connectivity index (χ1) is 15.7. The van der Waals surface area contributed by atoms with Crippen LogP contribution in [0.4, 0.5) is 5.69 Å². The number of carbonyl (C=O) groups excluding carboxylic acids is 1. The van der Waals surface area contributed by atoms with Crippen molar-refractivity contribution < 1.29 is 4.79 Å². The van der Waals surface area contributed by atoms with Crippen molar-refractivity contribution >= 4 is 23.4 Å². The molecule has 2 aliphatic rings. The van der Waals surface area contributed by atoms with Gasteiger partial charge in [-0.1, -0.05) is 78.9 Å². The Morgan fingerprint density at radius 3 is 2.00 bits per heavy atom. The van der Waals surface area contributed by atoms with Crippen molar-refractivity contribution in [1.82, 2.24) is 4.90 Å². The molecule has 2 heterocycles. The molecule has 1 atom stereocenters. The second kappa shape index (κ2) is 9.51. The highest BCUT2D eigenvalue weighted by molar-refractivity contribution is 8.00. The van der Waals surface area contributed by atoms with E-state index in [-0.39, 0.29) is 12.1 Å². The fraction of sp³-hybridized carbons (Fsp3) is 0.321. The van der Waals surface area contributed by atoms with Gasteiger partial charge in [0.25, 0.3) is 0 Å². The van der Waals surface area contributed by atoms with Crippen molar-refractivity contribution in [1.29, 1.82) is 0 Å². The van der Waals surface area contributed by atoms with E-state index in [4.69, 9.17) is 0 Å². The van der Waals surface area contributed by atoms with E-state index in [1.807, 2.05) is 17.0 Å². The SMILES string of the molecule is CC(N1CCC(SC(c2ccccc2)c2ccccc2)CC1)N1C(=O)Cc2ccccc21. The second-order valence-corrected chi connectivity index (χ2v) is 10.2. The molecule has 3 aromatic rings. The molecule has 0 spiro atoms. The molecule has 4 heteroatoms. The third kappa shape index (κ3) is 4.35. The minimum Gasteiger partial charge on any atom is -0.296 e. The number of carbonyl (C=O) groups is 1. The van der Waals surface area contributed by atoms with Gasteiger partial charge in [-0.25, -0.2) is 0 Å². The molecule has 1 fully saturated rings. The molecule has 3 aromatic carbocycles. The summed E-state index contributed by atoms with van der Waals surface area (Å²) in [5.41, 5.74) is 5.00. The van der Waals surface area contributed by atoms with Crippen molar-refractivity contribution in [3.05, 3.63) is 102 Å². The molecule has 0 aromatic heterocycles. The maximum Gasteiger partial charge on any atom is 0.232 e. The third-order valence-electron chi connectivity index (χ3n) is 6.77. The van der Waals surface area contributed by atoms with Gasteiger partial charge in [0.15, 0.2) is 0 Å². The van der Waals surface area contributed by atoms with Crippen LogP contribution in [0, 0.1) is 0 Å². The molecule has 32 heavy (non-hydrogen) atoms. The summed E-state index contributed by atoms with van der Waals surface area (Å²) in [6, 6.07) is 30.0. The van der Waals surface area contributed by atoms with Gasteiger partial charge < -0.3 is 0 Å². The second-order valence-electron chi connectivity index (χ2n) is 8.77. The zero-order chi connectivity index (χ0) is 21.9. The fourth-order valence-electron chi connectivity index (χ4n) is 5.03. The smallest absolute Gasteiger partial charge is 0.232 e. The average Bonchev–Trinajstić information content (AvgIpc) is 3.19. The van der Waals surface area contributed by atoms with Crippen molar-refractivity contribution in [3.8, 4) is 0 Å². The number of thioether (sulfide) groups is 1. The van der Waals surface area contributed by atoms with E-state index >= 15 is 0 Å². The third-order valence-corrected chi connectivity index (χ3v) is 8.45. The van der Waals surface area contributed by atoms with Gasteiger partial charge in [-0.3, -0.25) is 14.6 Å². The number of piperidine rings is 1. The van der Waals surface area contributed by atoms with Crippen LogP contribution in [0.25, 0.3) is 0 Å². The van der Waals surface area contributed by atoms with E-state index in [2.05, 4.69) is 96.4 Å².